The highest BCUT2D eigenvalue weighted by atomic mass is 16.5. The standard InChI is InChI=1S/C14H19N3O4/c1-10(18)3-4-12(19)17-8-5-11(9-17)21-14-13(20-2)15-6-7-16-14/h6-7,11H,3-5,8-9H2,1-2H3. The molecule has 7 heteroatoms. The molecule has 2 rings (SSSR count). The largest absolute Gasteiger partial charge is 0.477 e. The number of carbonyl (C=O) groups excluding carboxylic acids is 2. The predicted molar refractivity (Wildman–Crippen MR) is 74.1 cm³/mol. The van der Waals surface area contributed by atoms with Gasteiger partial charge in [-0.2, -0.15) is 0 Å². The van der Waals surface area contributed by atoms with Crippen LogP contribution in [0, 0.1) is 0 Å². The molecular weight excluding hydrogens is 274 g/mol. The number of Topliss-reactive ketones (excluding diaryl/α,β-unsaturated/α-hetero) is 1. The molecule has 7 nitrogen and oxygen atoms in total. The van der Waals surface area contributed by atoms with Crippen molar-refractivity contribution in [3.8, 4) is 11.8 Å². The third kappa shape index (κ3) is 4.14. The van der Waals surface area contributed by atoms with E-state index in [9.17, 15) is 9.59 Å². The lowest BCUT2D eigenvalue weighted by atomic mass is 10.2. The first-order valence-corrected chi connectivity index (χ1v) is 6.89. The van der Waals surface area contributed by atoms with Crippen molar-refractivity contribution in [1.29, 1.82) is 0 Å². The topological polar surface area (TPSA) is 81.6 Å². The van der Waals surface area contributed by atoms with E-state index < -0.39 is 0 Å². The van der Waals surface area contributed by atoms with Crippen LogP contribution in [0.3, 0.4) is 0 Å². The Morgan fingerprint density at radius 3 is 2.67 bits per heavy atom. The summed E-state index contributed by atoms with van der Waals surface area (Å²) in [5.41, 5.74) is 0. The summed E-state index contributed by atoms with van der Waals surface area (Å²) in [5, 5.41) is 0. The third-order valence-electron chi connectivity index (χ3n) is 3.29. The van der Waals surface area contributed by atoms with Gasteiger partial charge in [0.2, 0.25) is 5.91 Å². The summed E-state index contributed by atoms with van der Waals surface area (Å²) in [4.78, 5) is 32.7. The number of ketones is 1. The van der Waals surface area contributed by atoms with E-state index in [0.717, 1.165) is 6.42 Å². The first-order chi connectivity index (χ1) is 10.1. The minimum Gasteiger partial charge on any atom is -0.477 e. The Labute approximate surface area is 123 Å². The van der Waals surface area contributed by atoms with Crippen LogP contribution < -0.4 is 9.47 Å². The van der Waals surface area contributed by atoms with Gasteiger partial charge in [-0.25, -0.2) is 9.97 Å². The van der Waals surface area contributed by atoms with E-state index in [1.807, 2.05) is 0 Å². The van der Waals surface area contributed by atoms with Gasteiger partial charge in [-0.3, -0.25) is 4.79 Å². The summed E-state index contributed by atoms with van der Waals surface area (Å²) < 4.78 is 10.8. The van der Waals surface area contributed by atoms with Crippen LogP contribution >= 0.6 is 0 Å². The van der Waals surface area contributed by atoms with Crippen molar-refractivity contribution in [2.45, 2.75) is 32.3 Å². The molecule has 1 aromatic heterocycles. The molecule has 1 aromatic rings. The Kier molecular flexibility index (Phi) is 5.08. The fourth-order valence-corrected chi connectivity index (χ4v) is 2.18. The van der Waals surface area contributed by atoms with Crippen molar-refractivity contribution in [3.63, 3.8) is 0 Å². The minimum absolute atomic E-state index is 0.0117. The van der Waals surface area contributed by atoms with Crippen molar-refractivity contribution in [1.82, 2.24) is 14.9 Å². The fraction of sp³-hybridized carbons (Fsp3) is 0.571. The Morgan fingerprint density at radius 2 is 2.00 bits per heavy atom. The molecule has 0 aromatic carbocycles. The highest BCUT2D eigenvalue weighted by Gasteiger charge is 2.28. The van der Waals surface area contributed by atoms with E-state index in [4.69, 9.17) is 9.47 Å². The van der Waals surface area contributed by atoms with Gasteiger partial charge in [0.05, 0.1) is 13.7 Å². The van der Waals surface area contributed by atoms with E-state index in [-0.39, 0.29) is 24.2 Å². The Bertz CT molecular complexity index is 521. The van der Waals surface area contributed by atoms with Gasteiger partial charge in [0, 0.05) is 38.2 Å². The number of rotatable bonds is 6. The van der Waals surface area contributed by atoms with Crippen LogP contribution in [0.25, 0.3) is 0 Å². The number of amides is 1. The quantitative estimate of drug-likeness (QED) is 0.773. The number of likely N-dealkylation sites (tertiary alicyclic amines) is 1. The zero-order valence-electron chi connectivity index (χ0n) is 12.2. The maximum atomic E-state index is 11.9. The van der Waals surface area contributed by atoms with Gasteiger partial charge in [0.15, 0.2) is 0 Å². The van der Waals surface area contributed by atoms with E-state index in [0.29, 0.717) is 31.3 Å². The second-order valence-electron chi connectivity index (χ2n) is 4.94. The van der Waals surface area contributed by atoms with Crippen LogP contribution in [0.4, 0.5) is 0 Å². The monoisotopic (exact) mass is 293 g/mol. The second kappa shape index (κ2) is 7.01. The lowest BCUT2D eigenvalue weighted by molar-refractivity contribution is -0.132. The van der Waals surface area contributed by atoms with Gasteiger partial charge in [-0.15, -0.1) is 0 Å². The summed E-state index contributed by atoms with van der Waals surface area (Å²) >= 11 is 0. The highest BCUT2D eigenvalue weighted by molar-refractivity contribution is 5.83. The van der Waals surface area contributed by atoms with Crippen molar-refractivity contribution < 1.29 is 19.1 Å². The van der Waals surface area contributed by atoms with Gasteiger partial charge in [0.25, 0.3) is 11.8 Å². The minimum atomic E-state index is -0.128. The van der Waals surface area contributed by atoms with Crippen molar-refractivity contribution >= 4 is 11.7 Å². The molecule has 1 saturated heterocycles. The molecule has 1 aliphatic heterocycles. The number of ether oxygens (including phenoxy) is 2. The first-order valence-electron chi connectivity index (χ1n) is 6.89. The average Bonchev–Trinajstić information content (AvgIpc) is 2.94. The maximum Gasteiger partial charge on any atom is 0.278 e. The Balaban J connectivity index is 1.87. The van der Waals surface area contributed by atoms with Crippen molar-refractivity contribution in [3.05, 3.63) is 12.4 Å². The van der Waals surface area contributed by atoms with E-state index in [2.05, 4.69) is 9.97 Å². The van der Waals surface area contributed by atoms with Gasteiger partial charge in [-0.1, -0.05) is 0 Å². The van der Waals surface area contributed by atoms with Gasteiger partial charge in [-0.05, 0) is 6.92 Å². The molecule has 0 N–H and O–H groups in total. The van der Waals surface area contributed by atoms with Gasteiger partial charge in [0.1, 0.15) is 11.9 Å². The maximum absolute atomic E-state index is 11.9. The molecule has 1 atom stereocenters. The zero-order chi connectivity index (χ0) is 15.2. The van der Waals surface area contributed by atoms with Crippen molar-refractivity contribution in [2.75, 3.05) is 20.2 Å². The highest BCUT2D eigenvalue weighted by Crippen LogP contribution is 2.24. The van der Waals surface area contributed by atoms with Crippen LogP contribution in [-0.2, 0) is 9.59 Å². The van der Waals surface area contributed by atoms with E-state index in [1.165, 1.54) is 26.4 Å². The molecule has 1 aliphatic rings. The van der Waals surface area contributed by atoms with Crippen LogP contribution in [0.1, 0.15) is 26.2 Å². The van der Waals surface area contributed by atoms with Gasteiger partial charge >= 0.3 is 0 Å². The molecule has 114 valence electrons. The Morgan fingerprint density at radius 1 is 1.29 bits per heavy atom. The number of hydrogen-bond acceptors (Lipinski definition) is 6. The number of aromatic nitrogens is 2. The van der Waals surface area contributed by atoms with Gasteiger partial charge < -0.3 is 19.2 Å². The second-order valence-corrected chi connectivity index (χ2v) is 4.94. The predicted octanol–water partition coefficient (Wildman–Crippen LogP) is 0.834. The molecule has 2 heterocycles. The molecule has 0 saturated carbocycles. The molecule has 21 heavy (non-hydrogen) atoms. The van der Waals surface area contributed by atoms with Crippen LogP contribution in [-0.4, -0.2) is 52.9 Å². The van der Waals surface area contributed by atoms with E-state index in [1.54, 1.807) is 4.90 Å². The SMILES string of the molecule is COc1nccnc1OC1CCN(C(=O)CCC(C)=O)C1. The number of nitrogens with zero attached hydrogens (tertiary/aromatic N) is 3. The van der Waals surface area contributed by atoms with Crippen molar-refractivity contribution in [2.24, 2.45) is 0 Å². The number of methoxy groups -OCH3 is 1. The van der Waals surface area contributed by atoms with Crippen LogP contribution in [0.15, 0.2) is 12.4 Å². The summed E-state index contributed by atoms with van der Waals surface area (Å²) in [6.45, 7) is 2.62. The lowest BCUT2D eigenvalue weighted by Crippen LogP contribution is -2.31. The van der Waals surface area contributed by atoms with Crippen LogP contribution in [0.2, 0.25) is 0 Å². The summed E-state index contributed by atoms with van der Waals surface area (Å²) in [6, 6.07) is 0. The van der Waals surface area contributed by atoms with Crippen LogP contribution in [0.5, 0.6) is 11.8 Å². The zero-order valence-corrected chi connectivity index (χ0v) is 12.2. The molecule has 1 fully saturated rings. The molecule has 0 aliphatic carbocycles. The number of hydrogen-bond donors (Lipinski definition) is 0. The summed E-state index contributed by atoms with van der Waals surface area (Å²) in [5.74, 6) is 0.684. The number of carbonyl (C=O) groups is 2. The molecule has 1 unspecified atom stereocenters. The van der Waals surface area contributed by atoms with E-state index >= 15 is 0 Å². The molecule has 0 spiro atoms. The molecule has 0 bridgehead atoms. The Hall–Kier alpha value is -2.18. The lowest BCUT2D eigenvalue weighted by Gasteiger charge is -2.17. The first kappa shape index (κ1) is 15.2. The summed E-state index contributed by atoms with van der Waals surface area (Å²) in [7, 11) is 1.50. The summed E-state index contributed by atoms with van der Waals surface area (Å²) in [6.07, 6.45) is 4.21. The average molecular weight is 293 g/mol. The molecular formula is C14H19N3O4. The fourth-order valence-electron chi connectivity index (χ4n) is 2.18. The smallest absolute Gasteiger partial charge is 0.278 e. The normalized spacial score (nSPS) is 17.6. The molecule has 0 radical (unpaired) electrons. The third-order valence-corrected chi connectivity index (χ3v) is 3.29. The molecule has 1 amide bonds.